The molecule has 2 N–H and O–H groups in total. The van der Waals surface area contributed by atoms with Gasteiger partial charge in [-0.2, -0.15) is 5.26 Å². The third kappa shape index (κ3) is 4.24. The second-order valence-electron chi connectivity index (χ2n) is 6.81. The molecule has 2 heterocycles. The Morgan fingerprint density at radius 3 is 2.44 bits per heavy atom. The van der Waals surface area contributed by atoms with Crippen molar-refractivity contribution in [2.45, 2.75) is 36.8 Å². The number of hydrogen-bond acceptors (Lipinski definition) is 7. The lowest BCUT2D eigenvalue weighted by molar-refractivity contribution is 0.174. The predicted molar refractivity (Wildman–Crippen MR) is 99.6 cm³/mol. The first-order valence-corrected chi connectivity index (χ1v) is 10.1. The highest BCUT2D eigenvalue weighted by molar-refractivity contribution is 7.89. The van der Waals surface area contributed by atoms with Crippen LogP contribution in [0.4, 0.5) is 5.82 Å². The number of aliphatic hydroxyl groups is 1. The Hall–Kier alpha value is -2.54. The zero-order valence-electron chi connectivity index (χ0n) is 15.1. The molecular formula is C18H21N5O3S. The van der Waals surface area contributed by atoms with Gasteiger partial charge in [0.15, 0.2) is 11.5 Å². The molecule has 0 amide bonds. The zero-order valence-corrected chi connectivity index (χ0v) is 15.9. The number of sulfonamides is 1. The van der Waals surface area contributed by atoms with Gasteiger partial charge >= 0.3 is 0 Å². The molecule has 3 rings (SSSR count). The highest BCUT2D eigenvalue weighted by Gasteiger charge is 2.35. The van der Waals surface area contributed by atoms with Crippen LogP contribution in [-0.4, -0.2) is 49.0 Å². The van der Waals surface area contributed by atoms with Crippen molar-refractivity contribution >= 4 is 15.8 Å². The normalized spacial score (nSPS) is 20.0. The van der Waals surface area contributed by atoms with Crippen LogP contribution >= 0.6 is 0 Å². The van der Waals surface area contributed by atoms with E-state index in [1.54, 1.807) is 35.2 Å². The molecule has 0 aliphatic carbocycles. The third-order valence-corrected chi connectivity index (χ3v) is 6.05. The van der Waals surface area contributed by atoms with E-state index in [0.29, 0.717) is 11.7 Å². The minimum Gasteiger partial charge on any atom is -0.390 e. The lowest BCUT2D eigenvalue weighted by Gasteiger charge is -2.17. The molecular weight excluding hydrogens is 366 g/mol. The van der Waals surface area contributed by atoms with Gasteiger partial charge in [0.05, 0.1) is 17.0 Å². The first-order valence-electron chi connectivity index (χ1n) is 8.59. The van der Waals surface area contributed by atoms with Crippen molar-refractivity contribution < 1.29 is 13.5 Å². The van der Waals surface area contributed by atoms with E-state index in [1.807, 2.05) is 19.9 Å². The van der Waals surface area contributed by atoms with E-state index >= 15 is 0 Å². The third-order valence-electron chi connectivity index (χ3n) is 4.54. The lowest BCUT2D eigenvalue weighted by Crippen LogP contribution is -2.42. The smallest absolute Gasteiger partial charge is 0.240 e. The summed E-state index contributed by atoms with van der Waals surface area (Å²) in [6.45, 7) is 4.56. The SMILES string of the molecule is CC(C)c1ccc(S(=O)(=O)N[C@H]2CN(c3ccc(C#N)nn3)C[C@H]2O)cc1. The molecule has 0 radical (unpaired) electrons. The molecule has 1 aliphatic rings. The van der Waals surface area contributed by atoms with Crippen molar-refractivity contribution in [3.8, 4) is 6.07 Å². The summed E-state index contributed by atoms with van der Waals surface area (Å²) in [4.78, 5) is 1.89. The van der Waals surface area contributed by atoms with Crippen molar-refractivity contribution in [3.05, 3.63) is 47.7 Å². The molecule has 0 unspecified atom stereocenters. The summed E-state index contributed by atoms with van der Waals surface area (Å²) >= 11 is 0. The molecule has 2 atom stereocenters. The molecule has 0 spiro atoms. The van der Waals surface area contributed by atoms with E-state index in [4.69, 9.17) is 5.26 Å². The first-order chi connectivity index (χ1) is 12.8. The van der Waals surface area contributed by atoms with Gasteiger partial charge in [-0.05, 0) is 35.7 Å². The lowest BCUT2D eigenvalue weighted by atomic mass is 10.0. The molecule has 8 nitrogen and oxygen atoms in total. The van der Waals surface area contributed by atoms with Crippen LogP contribution in [-0.2, 0) is 10.0 Å². The fourth-order valence-electron chi connectivity index (χ4n) is 2.94. The molecule has 0 bridgehead atoms. The monoisotopic (exact) mass is 387 g/mol. The van der Waals surface area contributed by atoms with Gasteiger partial charge in [0.2, 0.25) is 10.0 Å². The minimum absolute atomic E-state index is 0.163. The number of aliphatic hydroxyl groups excluding tert-OH is 1. The van der Waals surface area contributed by atoms with Gasteiger partial charge in [0, 0.05) is 13.1 Å². The minimum atomic E-state index is -3.75. The van der Waals surface area contributed by atoms with Gasteiger partial charge in [-0.3, -0.25) is 0 Å². The van der Waals surface area contributed by atoms with Crippen LogP contribution in [0.2, 0.25) is 0 Å². The van der Waals surface area contributed by atoms with Crippen LogP contribution < -0.4 is 9.62 Å². The summed E-state index contributed by atoms with van der Waals surface area (Å²) < 4.78 is 27.8. The van der Waals surface area contributed by atoms with Crippen LogP contribution in [0.15, 0.2) is 41.3 Å². The molecule has 1 fully saturated rings. The fourth-order valence-corrected chi connectivity index (χ4v) is 4.20. The summed E-state index contributed by atoms with van der Waals surface area (Å²) in [5.41, 5.74) is 1.25. The largest absolute Gasteiger partial charge is 0.390 e. The Kier molecular flexibility index (Phi) is 5.41. The number of β-amino-alcohol motifs (C(OH)–C–C–N with tert-alkyl or cyclic N) is 1. The van der Waals surface area contributed by atoms with Gasteiger partial charge in [0.25, 0.3) is 0 Å². The highest BCUT2D eigenvalue weighted by atomic mass is 32.2. The van der Waals surface area contributed by atoms with Gasteiger partial charge in [-0.15, -0.1) is 10.2 Å². The number of benzene rings is 1. The maximum Gasteiger partial charge on any atom is 0.240 e. The van der Waals surface area contributed by atoms with E-state index in [9.17, 15) is 13.5 Å². The Labute approximate surface area is 158 Å². The van der Waals surface area contributed by atoms with E-state index in [-0.39, 0.29) is 23.7 Å². The Morgan fingerprint density at radius 2 is 1.89 bits per heavy atom. The maximum atomic E-state index is 12.6. The van der Waals surface area contributed by atoms with Crippen molar-refractivity contribution in [1.29, 1.82) is 5.26 Å². The van der Waals surface area contributed by atoms with E-state index in [0.717, 1.165) is 5.56 Å². The number of nitrogens with zero attached hydrogens (tertiary/aromatic N) is 4. The molecule has 0 saturated carbocycles. The predicted octanol–water partition coefficient (Wildman–Crippen LogP) is 1.000. The summed E-state index contributed by atoms with van der Waals surface area (Å²) in [7, 11) is -3.75. The molecule has 27 heavy (non-hydrogen) atoms. The number of hydrogen-bond donors (Lipinski definition) is 2. The maximum absolute atomic E-state index is 12.6. The molecule has 1 saturated heterocycles. The van der Waals surface area contributed by atoms with E-state index in [1.165, 1.54) is 6.07 Å². The average Bonchev–Trinajstić information content (AvgIpc) is 3.01. The second-order valence-corrected chi connectivity index (χ2v) is 8.53. The van der Waals surface area contributed by atoms with Crippen LogP contribution in [0.5, 0.6) is 0 Å². The number of anilines is 1. The quantitative estimate of drug-likeness (QED) is 0.785. The topological polar surface area (TPSA) is 119 Å². The van der Waals surface area contributed by atoms with Crippen molar-refractivity contribution in [2.24, 2.45) is 0 Å². The average molecular weight is 387 g/mol. The molecule has 9 heteroatoms. The Bertz CT molecular complexity index is 936. The van der Waals surface area contributed by atoms with E-state index < -0.39 is 22.2 Å². The summed E-state index contributed by atoms with van der Waals surface area (Å²) in [5, 5.41) is 26.8. The second kappa shape index (κ2) is 7.60. The summed E-state index contributed by atoms with van der Waals surface area (Å²) in [5.74, 6) is 0.796. The van der Waals surface area contributed by atoms with Crippen molar-refractivity contribution in [2.75, 3.05) is 18.0 Å². The van der Waals surface area contributed by atoms with Crippen LogP contribution in [0.1, 0.15) is 31.0 Å². The van der Waals surface area contributed by atoms with E-state index in [2.05, 4.69) is 14.9 Å². The van der Waals surface area contributed by atoms with Gasteiger partial charge in [-0.1, -0.05) is 26.0 Å². The van der Waals surface area contributed by atoms with Crippen LogP contribution in [0.25, 0.3) is 0 Å². The highest BCUT2D eigenvalue weighted by Crippen LogP contribution is 2.21. The van der Waals surface area contributed by atoms with Gasteiger partial charge in [0.1, 0.15) is 6.07 Å². The summed E-state index contributed by atoms with van der Waals surface area (Å²) in [6, 6.07) is 11.1. The number of nitriles is 1. The first kappa shape index (κ1) is 19.2. The summed E-state index contributed by atoms with van der Waals surface area (Å²) in [6.07, 6.45) is -0.882. The fraction of sp³-hybridized carbons (Fsp3) is 0.389. The van der Waals surface area contributed by atoms with Crippen molar-refractivity contribution in [3.63, 3.8) is 0 Å². The van der Waals surface area contributed by atoms with Crippen LogP contribution in [0, 0.1) is 11.3 Å². The molecule has 1 aromatic carbocycles. The Morgan fingerprint density at radius 1 is 1.19 bits per heavy atom. The number of aromatic nitrogens is 2. The molecule has 1 aliphatic heterocycles. The zero-order chi connectivity index (χ0) is 19.6. The molecule has 2 aromatic rings. The van der Waals surface area contributed by atoms with Crippen LogP contribution in [0.3, 0.4) is 0 Å². The number of rotatable bonds is 5. The Balaban J connectivity index is 1.71. The number of nitrogens with one attached hydrogen (secondary N) is 1. The van der Waals surface area contributed by atoms with Gasteiger partial charge in [-0.25, -0.2) is 13.1 Å². The van der Waals surface area contributed by atoms with Crippen molar-refractivity contribution in [1.82, 2.24) is 14.9 Å². The molecule has 142 valence electrons. The van der Waals surface area contributed by atoms with Gasteiger partial charge < -0.3 is 10.0 Å². The molecule has 1 aromatic heterocycles. The standard InChI is InChI=1S/C18H21N5O3S/c1-12(2)13-3-6-15(7-4-13)27(25,26)22-16-10-23(11-17(16)24)18-8-5-14(9-19)20-21-18/h3-8,12,16-17,22,24H,10-11H2,1-2H3/t16-,17+/m0/s1.